The van der Waals surface area contributed by atoms with E-state index in [2.05, 4.69) is 5.32 Å². The van der Waals surface area contributed by atoms with Crippen LogP contribution in [-0.4, -0.2) is 17.0 Å². The van der Waals surface area contributed by atoms with Crippen molar-refractivity contribution in [2.75, 3.05) is 0 Å². The summed E-state index contributed by atoms with van der Waals surface area (Å²) in [5.41, 5.74) is 1.09. The third-order valence-electron chi connectivity index (χ3n) is 2.65. The lowest BCUT2D eigenvalue weighted by Gasteiger charge is -2.10. The molecule has 20 heavy (non-hydrogen) atoms. The number of carboxylic acids is 1. The zero-order valence-corrected chi connectivity index (χ0v) is 12.3. The van der Waals surface area contributed by atoms with Crippen molar-refractivity contribution >= 4 is 40.6 Å². The topological polar surface area (TPSA) is 66.4 Å². The van der Waals surface area contributed by atoms with Gasteiger partial charge in [0.1, 0.15) is 0 Å². The fraction of sp³-hybridized carbons (Fsp3) is 0.143. The van der Waals surface area contributed by atoms with Crippen molar-refractivity contribution in [3.63, 3.8) is 0 Å². The van der Waals surface area contributed by atoms with Gasteiger partial charge in [-0.25, -0.2) is 4.79 Å². The van der Waals surface area contributed by atoms with Crippen molar-refractivity contribution in [2.24, 2.45) is 0 Å². The molecule has 0 bridgehead atoms. The predicted molar refractivity (Wildman–Crippen MR) is 80.9 cm³/mol. The highest BCUT2D eigenvalue weighted by molar-refractivity contribution is 7.11. The molecule has 4 nitrogen and oxygen atoms in total. The zero-order chi connectivity index (χ0) is 14.5. The van der Waals surface area contributed by atoms with Crippen LogP contribution in [0, 0.1) is 6.92 Å². The fourth-order valence-electron chi connectivity index (χ4n) is 1.61. The molecule has 2 aromatic rings. The summed E-state index contributed by atoms with van der Waals surface area (Å²) < 4.78 is 0. The van der Waals surface area contributed by atoms with Gasteiger partial charge in [0.2, 0.25) is 5.91 Å². The molecule has 0 aromatic carbocycles. The molecule has 1 atom stereocenters. The van der Waals surface area contributed by atoms with Gasteiger partial charge in [0.25, 0.3) is 0 Å². The Labute approximate surface area is 124 Å². The highest BCUT2D eigenvalue weighted by Gasteiger charge is 2.21. The first-order chi connectivity index (χ1) is 9.58. The lowest BCUT2D eigenvalue weighted by Crippen LogP contribution is -2.31. The molecule has 1 amide bonds. The summed E-state index contributed by atoms with van der Waals surface area (Å²) in [6.45, 7) is 1.96. The van der Waals surface area contributed by atoms with Crippen molar-refractivity contribution in [3.8, 4) is 0 Å². The lowest BCUT2D eigenvalue weighted by molar-refractivity contribution is -0.141. The number of carbonyl (C=O) groups is 2. The number of carbonyl (C=O) groups excluding carboxylic acids is 1. The summed E-state index contributed by atoms with van der Waals surface area (Å²) >= 11 is 2.84. The molecule has 0 fully saturated rings. The standard InChI is InChI=1S/C14H13NO3S2/c1-9-6-8-20-10(9)4-5-12(16)15-13(14(17)18)11-3-2-7-19-11/h2-8,13H,1H3,(H,15,16)(H,17,18)/b5-4+. The highest BCUT2D eigenvalue weighted by Crippen LogP contribution is 2.20. The minimum atomic E-state index is -1.07. The normalized spacial score (nSPS) is 12.4. The minimum absolute atomic E-state index is 0.418. The Morgan fingerprint density at radius 1 is 1.30 bits per heavy atom. The third kappa shape index (κ3) is 3.55. The molecule has 0 spiro atoms. The highest BCUT2D eigenvalue weighted by atomic mass is 32.1. The predicted octanol–water partition coefficient (Wildman–Crippen LogP) is 3.07. The van der Waals surface area contributed by atoms with E-state index in [1.54, 1.807) is 23.6 Å². The van der Waals surface area contributed by atoms with Gasteiger partial charge in [-0.15, -0.1) is 22.7 Å². The Kier molecular flexibility index (Phi) is 4.70. The number of thiophene rings is 2. The van der Waals surface area contributed by atoms with E-state index in [9.17, 15) is 9.59 Å². The second-order valence-electron chi connectivity index (χ2n) is 4.10. The molecule has 2 aromatic heterocycles. The van der Waals surface area contributed by atoms with Crippen LogP contribution in [-0.2, 0) is 9.59 Å². The second kappa shape index (κ2) is 6.49. The summed E-state index contributed by atoms with van der Waals surface area (Å²) in [5.74, 6) is -1.49. The third-order valence-corrected chi connectivity index (χ3v) is 4.57. The molecule has 1 unspecified atom stereocenters. The Morgan fingerprint density at radius 2 is 2.10 bits per heavy atom. The summed E-state index contributed by atoms with van der Waals surface area (Å²) in [6, 6.07) is 4.41. The van der Waals surface area contributed by atoms with Gasteiger partial charge in [-0.2, -0.15) is 0 Å². The number of carboxylic acid groups (broad SMARTS) is 1. The Balaban J connectivity index is 2.04. The number of aryl methyl sites for hydroxylation is 1. The van der Waals surface area contributed by atoms with Crippen molar-refractivity contribution < 1.29 is 14.7 Å². The Hall–Kier alpha value is -1.92. The molecule has 2 rings (SSSR count). The maximum absolute atomic E-state index is 11.8. The number of amides is 1. The Bertz CT molecular complexity index is 629. The minimum Gasteiger partial charge on any atom is -0.479 e. The van der Waals surface area contributed by atoms with Crippen LogP contribution in [0.3, 0.4) is 0 Å². The van der Waals surface area contributed by atoms with Crippen molar-refractivity contribution in [1.29, 1.82) is 0 Å². The monoisotopic (exact) mass is 307 g/mol. The summed E-state index contributed by atoms with van der Waals surface area (Å²) in [4.78, 5) is 24.6. The smallest absolute Gasteiger partial charge is 0.331 e. The number of hydrogen-bond acceptors (Lipinski definition) is 4. The fourth-order valence-corrected chi connectivity index (χ4v) is 3.19. The molecule has 0 radical (unpaired) electrons. The SMILES string of the molecule is Cc1ccsc1/C=C/C(=O)NC(C(=O)O)c1cccs1. The van der Waals surface area contributed by atoms with Crippen LogP contribution < -0.4 is 5.32 Å². The van der Waals surface area contributed by atoms with Crippen molar-refractivity contribution in [2.45, 2.75) is 13.0 Å². The van der Waals surface area contributed by atoms with Gasteiger partial charge in [0, 0.05) is 15.8 Å². The molecular formula is C14H13NO3S2. The number of rotatable bonds is 5. The van der Waals surface area contributed by atoms with Crippen LogP contribution in [0.1, 0.15) is 21.4 Å². The molecule has 0 saturated carbocycles. The van der Waals surface area contributed by atoms with Gasteiger partial charge in [0.05, 0.1) is 0 Å². The van der Waals surface area contributed by atoms with Gasteiger partial charge in [0.15, 0.2) is 6.04 Å². The molecule has 0 aliphatic rings. The molecular weight excluding hydrogens is 294 g/mol. The molecule has 104 valence electrons. The second-order valence-corrected chi connectivity index (χ2v) is 6.02. The lowest BCUT2D eigenvalue weighted by atomic mass is 10.2. The zero-order valence-electron chi connectivity index (χ0n) is 10.7. The van der Waals surface area contributed by atoms with E-state index in [1.807, 2.05) is 18.4 Å². The first kappa shape index (κ1) is 14.5. The maximum atomic E-state index is 11.8. The molecule has 2 N–H and O–H groups in total. The van der Waals surface area contributed by atoms with Crippen LogP contribution in [0.2, 0.25) is 0 Å². The van der Waals surface area contributed by atoms with Gasteiger partial charge >= 0.3 is 5.97 Å². The van der Waals surface area contributed by atoms with Crippen LogP contribution in [0.25, 0.3) is 6.08 Å². The van der Waals surface area contributed by atoms with Crippen LogP contribution in [0.5, 0.6) is 0 Å². The van der Waals surface area contributed by atoms with E-state index in [4.69, 9.17) is 5.11 Å². The first-order valence-corrected chi connectivity index (χ1v) is 7.62. The molecule has 0 saturated heterocycles. The van der Waals surface area contributed by atoms with E-state index in [0.29, 0.717) is 4.88 Å². The maximum Gasteiger partial charge on any atom is 0.331 e. The summed E-state index contributed by atoms with van der Waals surface area (Å²) in [6.07, 6.45) is 3.06. The van der Waals surface area contributed by atoms with E-state index in [1.165, 1.54) is 28.7 Å². The van der Waals surface area contributed by atoms with Crippen LogP contribution in [0.15, 0.2) is 35.0 Å². The molecule has 0 aliphatic heterocycles. The van der Waals surface area contributed by atoms with Crippen LogP contribution in [0.4, 0.5) is 0 Å². The van der Waals surface area contributed by atoms with Gasteiger partial charge in [-0.3, -0.25) is 4.79 Å². The number of aliphatic carboxylic acids is 1. The van der Waals surface area contributed by atoms with Gasteiger partial charge < -0.3 is 10.4 Å². The first-order valence-electron chi connectivity index (χ1n) is 5.87. The number of nitrogens with one attached hydrogen (secondary N) is 1. The van der Waals surface area contributed by atoms with E-state index >= 15 is 0 Å². The van der Waals surface area contributed by atoms with Crippen molar-refractivity contribution in [1.82, 2.24) is 5.32 Å². The summed E-state index contributed by atoms with van der Waals surface area (Å²) in [7, 11) is 0. The molecule has 2 heterocycles. The average molecular weight is 307 g/mol. The van der Waals surface area contributed by atoms with Gasteiger partial charge in [-0.1, -0.05) is 6.07 Å². The number of hydrogen-bond donors (Lipinski definition) is 2. The van der Waals surface area contributed by atoms with E-state index in [0.717, 1.165) is 10.4 Å². The van der Waals surface area contributed by atoms with Crippen LogP contribution >= 0.6 is 22.7 Å². The van der Waals surface area contributed by atoms with Crippen molar-refractivity contribution in [3.05, 3.63) is 50.4 Å². The molecule has 6 heteroatoms. The molecule has 0 aliphatic carbocycles. The average Bonchev–Trinajstić information content (AvgIpc) is 3.04. The quantitative estimate of drug-likeness (QED) is 0.834. The van der Waals surface area contributed by atoms with Gasteiger partial charge in [-0.05, 0) is 41.5 Å². The largest absolute Gasteiger partial charge is 0.479 e. The van der Waals surface area contributed by atoms with E-state index < -0.39 is 17.9 Å². The Morgan fingerprint density at radius 3 is 2.65 bits per heavy atom. The summed E-state index contributed by atoms with van der Waals surface area (Å²) in [5, 5.41) is 15.4. The van der Waals surface area contributed by atoms with E-state index in [-0.39, 0.29) is 0 Å².